The van der Waals surface area contributed by atoms with Crippen LogP contribution in [0.25, 0.3) is 0 Å². The monoisotopic (exact) mass is 208 g/mol. The third-order valence-corrected chi connectivity index (χ3v) is 2.97. The highest BCUT2D eigenvalue weighted by Crippen LogP contribution is 2.21. The maximum atomic E-state index is 11.5. The third kappa shape index (κ3) is 2.16. The minimum Gasteiger partial charge on any atom is -0.364 e. The zero-order valence-corrected chi connectivity index (χ0v) is 8.84. The second kappa shape index (κ2) is 4.15. The third-order valence-electron chi connectivity index (χ3n) is 2.08. The van der Waals surface area contributed by atoms with Crippen molar-refractivity contribution in [3.05, 3.63) is 29.8 Å². The Balaban J connectivity index is 2.08. The number of ketones is 1. The van der Waals surface area contributed by atoms with Crippen molar-refractivity contribution >= 4 is 17.5 Å². The number of thioether (sulfide) groups is 1. The predicted octanol–water partition coefficient (Wildman–Crippen LogP) is 2.38. The number of hydrogen-bond donors (Lipinski definition) is 0. The Kier molecular flexibility index (Phi) is 2.89. The molecule has 0 N–H and O–H groups in total. The first-order chi connectivity index (χ1) is 6.81. The maximum absolute atomic E-state index is 11.5. The summed E-state index contributed by atoms with van der Waals surface area (Å²) in [4.78, 5) is 12.8. The van der Waals surface area contributed by atoms with E-state index in [9.17, 15) is 4.79 Å². The fourth-order valence-electron chi connectivity index (χ4n) is 1.27. The molecule has 0 saturated carbocycles. The molecule has 1 aliphatic heterocycles. The molecule has 0 aliphatic carbocycles. The van der Waals surface area contributed by atoms with E-state index in [-0.39, 0.29) is 11.9 Å². The maximum Gasteiger partial charge on any atom is 0.193 e. The summed E-state index contributed by atoms with van der Waals surface area (Å²) in [7, 11) is 0. The summed E-state index contributed by atoms with van der Waals surface area (Å²) in [6.07, 6.45) is -0.167. The number of benzene rings is 1. The van der Waals surface area contributed by atoms with Crippen molar-refractivity contribution < 1.29 is 9.53 Å². The fourth-order valence-corrected chi connectivity index (χ4v) is 1.93. The second-order valence-corrected chi connectivity index (χ2v) is 4.48. The van der Waals surface area contributed by atoms with Gasteiger partial charge in [-0.1, -0.05) is 19.1 Å². The van der Waals surface area contributed by atoms with Gasteiger partial charge in [0.25, 0.3) is 0 Å². The molecule has 1 unspecified atom stereocenters. The number of rotatable bonds is 4. The van der Waals surface area contributed by atoms with E-state index in [1.807, 2.05) is 24.3 Å². The van der Waals surface area contributed by atoms with E-state index in [1.165, 1.54) is 4.90 Å². The minimum atomic E-state index is -0.167. The number of ether oxygens (including phenoxy) is 1. The van der Waals surface area contributed by atoms with Crippen molar-refractivity contribution in [3.63, 3.8) is 0 Å². The van der Waals surface area contributed by atoms with Crippen LogP contribution in [0.1, 0.15) is 17.3 Å². The van der Waals surface area contributed by atoms with Gasteiger partial charge in [-0.2, -0.15) is 0 Å². The lowest BCUT2D eigenvalue weighted by atomic mass is 10.1. The molecule has 2 nitrogen and oxygen atoms in total. The van der Waals surface area contributed by atoms with E-state index in [2.05, 4.69) is 6.92 Å². The van der Waals surface area contributed by atoms with Crippen molar-refractivity contribution in [3.8, 4) is 0 Å². The molecule has 1 heterocycles. The van der Waals surface area contributed by atoms with Gasteiger partial charge in [0.2, 0.25) is 0 Å². The summed E-state index contributed by atoms with van der Waals surface area (Å²) in [5.41, 5.74) is 0.757. The SMILES string of the molecule is CCSc1ccc(C(=O)C2CO2)cc1. The summed E-state index contributed by atoms with van der Waals surface area (Å²) in [5, 5.41) is 0. The number of epoxide rings is 1. The normalized spacial score (nSPS) is 19.4. The highest BCUT2D eigenvalue weighted by Gasteiger charge is 2.31. The van der Waals surface area contributed by atoms with Gasteiger partial charge in [-0.05, 0) is 17.9 Å². The number of carbonyl (C=O) groups excluding carboxylic acids is 1. The molecule has 0 radical (unpaired) electrons. The van der Waals surface area contributed by atoms with E-state index >= 15 is 0 Å². The molecule has 0 spiro atoms. The summed E-state index contributed by atoms with van der Waals surface area (Å²) in [5.74, 6) is 1.16. The smallest absolute Gasteiger partial charge is 0.193 e. The molecule has 3 heteroatoms. The van der Waals surface area contributed by atoms with Gasteiger partial charge < -0.3 is 4.74 Å². The molecule has 74 valence electrons. The molecule has 1 aromatic rings. The van der Waals surface area contributed by atoms with Gasteiger partial charge in [-0.25, -0.2) is 0 Å². The van der Waals surface area contributed by atoms with Crippen molar-refractivity contribution in [1.29, 1.82) is 0 Å². The molecule has 14 heavy (non-hydrogen) atoms. The van der Waals surface area contributed by atoms with Crippen molar-refractivity contribution in [2.75, 3.05) is 12.4 Å². The summed E-state index contributed by atoms with van der Waals surface area (Å²) in [6.45, 7) is 2.70. The van der Waals surface area contributed by atoms with E-state index < -0.39 is 0 Å². The van der Waals surface area contributed by atoms with Gasteiger partial charge in [0.1, 0.15) is 6.10 Å². The highest BCUT2D eigenvalue weighted by molar-refractivity contribution is 7.99. The van der Waals surface area contributed by atoms with Gasteiger partial charge in [0, 0.05) is 10.5 Å². The van der Waals surface area contributed by atoms with Crippen molar-refractivity contribution in [2.24, 2.45) is 0 Å². The fraction of sp³-hybridized carbons (Fsp3) is 0.364. The molecule has 0 amide bonds. The summed E-state index contributed by atoms with van der Waals surface area (Å²) in [6, 6.07) is 7.73. The predicted molar refractivity (Wildman–Crippen MR) is 56.9 cm³/mol. The topological polar surface area (TPSA) is 29.6 Å². The lowest BCUT2D eigenvalue weighted by Crippen LogP contribution is -2.06. The molecular formula is C11H12O2S. The molecular weight excluding hydrogens is 196 g/mol. The second-order valence-electron chi connectivity index (χ2n) is 3.14. The molecule has 0 aromatic heterocycles. The van der Waals surface area contributed by atoms with Crippen molar-refractivity contribution in [1.82, 2.24) is 0 Å². The first-order valence-electron chi connectivity index (χ1n) is 4.70. The van der Waals surface area contributed by atoms with Gasteiger partial charge in [-0.15, -0.1) is 11.8 Å². The molecule has 0 bridgehead atoms. The van der Waals surface area contributed by atoms with Crippen molar-refractivity contribution in [2.45, 2.75) is 17.9 Å². The standard InChI is InChI=1S/C11H12O2S/c1-2-14-9-5-3-8(4-6-9)11(12)10-7-13-10/h3-6,10H,2,7H2,1H3. The number of carbonyl (C=O) groups is 1. The van der Waals surface area contributed by atoms with E-state index in [4.69, 9.17) is 4.74 Å². The molecule has 1 aromatic carbocycles. The van der Waals surface area contributed by atoms with Crippen LogP contribution < -0.4 is 0 Å². The van der Waals surface area contributed by atoms with E-state index in [1.54, 1.807) is 11.8 Å². The quantitative estimate of drug-likeness (QED) is 0.432. The minimum absolute atomic E-state index is 0.109. The van der Waals surface area contributed by atoms with Gasteiger partial charge >= 0.3 is 0 Å². The largest absolute Gasteiger partial charge is 0.364 e. The average Bonchev–Trinajstić information content (AvgIpc) is 3.02. The van der Waals surface area contributed by atoms with Gasteiger partial charge in [0.15, 0.2) is 5.78 Å². The zero-order chi connectivity index (χ0) is 9.97. The first-order valence-corrected chi connectivity index (χ1v) is 5.68. The Morgan fingerprint density at radius 2 is 2.14 bits per heavy atom. The Hall–Kier alpha value is -0.800. The van der Waals surface area contributed by atoms with E-state index in [0.29, 0.717) is 6.61 Å². The lowest BCUT2D eigenvalue weighted by Gasteiger charge is -2.00. The van der Waals surface area contributed by atoms with Gasteiger partial charge in [0.05, 0.1) is 6.61 Å². The Bertz CT molecular complexity index is 328. The van der Waals surface area contributed by atoms with Crippen LogP contribution in [0, 0.1) is 0 Å². The molecule has 2 rings (SSSR count). The lowest BCUT2D eigenvalue weighted by molar-refractivity contribution is 0.0953. The summed E-state index contributed by atoms with van der Waals surface area (Å²) >= 11 is 1.78. The Labute approximate surface area is 87.6 Å². The van der Waals surface area contributed by atoms with Crippen LogP contribution in [-0.2, 0) is 4.74 Å². The Morgan fingerprint density at radius 3 is 2.64 bits per heavy atom. The average molecular weight is 208 g/mol. The van der Waals surface area contributed by atoms with Crippen LogP contribution in [0.15, 0.2) is 29.2 Å². The molecule has 1 fully saturated rings. The summed E-state index contributed by atoms with van der Waals surface area (Å²) < 4.78 is 4.95. The molecule has 1 aliphatic rings. The highest BCUT2D eigenvalue weighted by atomic mass is 32.2. The number of hydrogen-bond acceptors (Lipinski definition) is 3. The Morgan fingerprint density at radius 1 is 1.50 bits per heavy atom. The van der Waals surface area contributed by atoms with Gasteiger partial charge in [-0.3, -0.25) is 4.79 Å². The molecule has 1 atom stereocenters. The zero-order valence-electron chi connectivity index (χ0n) is 8.03. The van der Waals surface area contributed by atoms with Crippen LogP contribution in [0.5, 0.6) is 0 Å². The molecule has 1 saturated heterocycles. The van der Waals surface area contributed by atoms with E-state index in [0.717, 1.165) is 11.3 Å². The van der Waals surface area contributed by atoms with Crippen LogP contribution in [0.4, 0.5) is 0 Å². The number of Topliss-reactive ketones (excluding diaryl/α,β-unsaturated/α-hetero) is 1. The van der Waals surface area contributed by atoms with Crippen LogP contribution in [0.2, 0.25) is 0 Å². The van der Waals surface area contributed by atoms with Crippen LogP contribution in [0.3, 0.4) is 0 Å². The van der Waals surface area contributed by atoms with Crippen LogP contribution in [-0.4, -0.2) is 24.2 Å². The first kappa shape index (κ1) is 9.74. The van der Waals surface area contributed by atoms with Crippen LogP contribution >= 0.6 is 11.8 Å².